The zero-order valence-corrected chi connectivity index (χ0v) is 22.0. The zero-order valence-electron chi connectivity index (χ0n) is 21.2. The van der Waals surface area contributed by atoms with Crippen LogP contribution in [0.4, 0.5) is 11.4 Å². The van der Waals surface area contributed by atoms with Crippen LogP contribution in [0.2, 0.25) is 0 Å². The van der Waals surface area contributed by atoms with Gasteiger partial charge in [0.2, 0.25) is 0 Å². The Morgan fingerprint density at radius 1 is 1.08 bits per heavy atom. The molecule has 186 valence electrons. The molecule has 1 amide bonds. The Labute approximate surface area is 211 Å². The summed E-state index contributed by atoms with van der Waals surface area (Å²) in [5.41, 5.74) is 4.79. The topological polar surface area (TPSA) is 79.6 Å². The van der Waals surface area contributed by atoms with Crippen molar-refractivity contribution in [1.29, 1.82) is 0 Å². The van der Waals surface area contributed by atoms with E-state index in [1.165, 1.54) is 5.56 Å². The molecule has 7 heteroatoms. The van der Waals surface area contributed by atoms with E-state index in [-0.39, 0.29) is 16.2 Å². The molecule has 4 aromatic rings. The Hall–Kier alpha value is -3.32. The number of carbonyl (C=O) groups is 1. The van der Waals surface area contributed by atoms with Crippen LogP contribution in [-0.4, -0.2) is 21.4 Å². The van der Waals surface area contributed by atoms with Crippen LogP contribution in [0.3, 0.4) is 0 Å². The summed E-state index contributed by atoms with van der Waals surface area (Å²) in [5, 5.41) is 2.20. The van der Waals surface area contributed by atoms with Gasteiger partial charge in [0.15, 0.2) is 0 Å². The van der Waals surface area contributed by atoms with Crippen LogP contribution in [0.1, 0.15) is 54.4 Å². The van der Waals surface area contributed by atoms with Crippen molar-refractivity contribution in [2.75, 3.05) is 16.7 Å². The highest BCUT2D eigenvalue weighted by molar-refractivity contribution is 7.93. The summed E-state index contributed by atoms with van der Waals surface area (Å²) in [4.78, 5) is 14.3. The first kappa shape index (κ1) is 23.1. The number of hydrogen-bond acceptors (Lipinski definition) is 4. The molecule has 6 nitrogen and oxygen atoms in total. The molecule has 0 bridgehead atoms. The van der Waals surface area contributed by atoms with Gasteiger partial charge in [0, 0.05) is 40.8 Å². The molecule has 1 N–H and O–H groups in total. The molecule has 0 spiro atoms. The van der Waals surface area contributed by atoms with E-state index in [1.54, 1.807) is 42.3 Å². The fourth-order valence-corrected chi connectivity index (χ4v) is 7.14. The number of sulfonamides is 1. The van der Waals surface area contributed by atoms with Gasteiger partial charge in [-0.25, -0.2) is 8.42 Å². The van der Waals surface area contributed by atoms with E-state index < -0.39 is 10.0 Å². The third-order valence-corrected chi connectivity index (χ3v) is 9.45. The first-order chi connectivity index (χ1) is 17.0. The standard InChI is InChI=1S/C29H30N2O4S/c1-16-13-25-21(20-14-17(29(2,3)4)9-11-24(20)35-25)15-22(16)30-36(33,34)26-12-10-23-27-18(26)7-6-8-19(27)28(32)31(23)5/h6-8,10,12-13,15,17,30H,9,11,14H2,1-5H3/t17-/m0/s1. The van der Waals surface area contributed by atoms with Crippen molar-refractivity contribution in [3.63, 3.8) is 0 Å². The number of nitrogens with zero attached hydrogens (tertiary/aromatic N) is 1. The highest BCUT2D eigenvalue weighted by atomic mass is 32.2. The predicted octanol–water partition coefficient (Wildman–Crippen LogP) is 6.44. The van der Waals surface area contributed by atoms with Crippen molar-refractivity contribution in [1.82, 2.24) is 0 Å². The molecule has 2 aliphatic rings. The van der Waals surface area contributed by atoms with Gasteiger partial charge in [-0.1, -0.05) is 32.9 Å². The van der Waals surface area contributed by atoms with E-state index in [1.807, 2.05) is 19.1 Å². The van der Waals surface area contributed by atoms with E-state index in [0.717, 1.165) is 47.2 Å². The minimum atomic E-state index is -3.92. The van der Waals surface area contributed by atoms with Crippen molar-refractivity contribution in [3.8, 4) is 0 Å². The lowest BCUT2D eigenvalue weighted by Crippen LogP contribution is -2.26. The quantitative estimate of drug-likeness (QED) is 0.350. The summed E-state index contributed by atoms with van der Waals surface area (Å²) in [6, 6.07) is 12.4. The highest BCUT2D eigenvalue weighted by Gasteiger charge is 2.33. The summed E-state index contributed by atoms with van der Waals surface area (Å²) in [5.74, 6) is 1.44. The molecule has 6 rings (SSSR count). The smallest absolute Gasteiger partial charge is 0.262 e. The zero-order chi connectivity index (χ0) is 25.6. The number of amides is 1. The summed E-state index contributed by atoms with van der Waals surface area (Å²) >= 11 is 0. The second-order valence-corrected chi connectivity index (χ2v) is 12.9. The molecular weight excluding hydrogens is 472 g/mol. The first-order valence-electron chi connectivity index (χ1n) is 12.4. The number of fused-ring (bicyclic) bond motifs is 3. The molecule has 0 unspecified atom stereocenters. The predicted molar refractivity (Wildman–Crippen MR) is 143 cm³/mol. The molecule has 0 fully saturated rings. The normalized spacial score (nSPS) is 17.8. The number of carbonyl (C=O) groups excluding carboxylic acids is 1. The van der Waals surface area contributed by atoms with Gasteiger partial charge in [-0.2, -0.15) is 0 Å². The molecule has 0 saturated heterocycles. The Balaban J connectivity index is 1.43. The van der Waals surface area contributed by atoms with Crippen LogP contribution in [0.15, 0.2) is 51.8 Å². The minimum absolute atomic E-state index is 0.127. The Morgan fingerprint density at radius 2 is 1.86 bits per heavy atom. The number of rotatable bonds is 3. The SMILES string of the molecule is Cc1cc2oc3c(c2cc1NS(=O)(=O)c1ccc2c4c(cccc14)C(=O)N2C)C[C@@H](C(C)(C)C)CC3. The lowest BCUT2D eigenvalue weighted by atomic mass is 9.71. The summed E-state index contributed by atoms with van der Waals surface area (Å²) in [6.45, 7) is 8.71. The lowest BCUT2D eigenvalue weighted by Gasteiger charge is -2.33. The first-order valence-corrected chi connectivity index (χ1v) is 13.9. The molecule has 36 heavy (non-hydrogen) atoms. The Kier molecular flexibility index (Phi) is 4.87. The average Bonchev–Trinajstić information content (AvgIpc) is 3.29. The van der Waals surface area contributed by atoms with Crippen molar-refractivity contribution in [3.05, 3.63) is 64.9 Å². The fraction of sp³-hybridized carbons (Fsp3) is 0.345. The minimum Gasteiger partial charge on any atom is -0.461 e. The van der Waals surface area contributed by atoms with Gasteiger partial charge < -0.3 is 9.32 Å². The van der Waals surface area contributed by atoms with Gasteiger partial charge in [0.1, 0.15) is 11.3 Å². The maximum absolute atomic E-state index is 13.7. The van der Waals surface area contributed by atoms with E-state index >= 15 is 0 Å². The summed E-state index contributed by atoms with van der Waals surface area (Å²) in [6.07, 6.45) is 2.93. The molecule has 0 saturated carbocycles. The van der Waals surface area contributed by atoms with Gasteiger partial charge in [-0.05, 0) is 67.0 Å². The van der Waals surface area contributed by atoms with Crippen LogP contribution < -0.4 is 9.62 Å². The van der Waals surface area contributed by atoms with Gasteiger partial charge in [0.25, 0.3) is 15.9 Å². The van der Waals surface area contributed by atoms with Crippen molar-refractivity contribution >= 4 is 49.0 Å². The number of nitrogens with one attached hydrogen (secondary N) is 1. The van der Waals surface area contributed by atoms with E-state index in [4.69, 9.17) is 4.42 Å². The number of aryl methyl sites for hydroxylation is 2. The van der Waals surface area contributed by atoms with Crippen LogP contribution in [0.25, 0.3) is 21.7 Å². The van der Waals surface area contributed by atoms with Gasteiger partial charge in [-0.15, -0.1) is 0 Å². The van der Waals surface area contributed by atoms with E-state index in [0.29, 0.717) is 27.9 Å². The number of anilines is 2. The monoisotopic (exact) mass is 502 g/mol. The third-order valence-electron chi connectivity index (χ3n) is 8.03. The molecule has 1 aliphatic carbocycles. The second-order valence-electron chi connectivity index (χ2n) is 11.3. The molecular formula is C29H30N2O4S. The van der Waals surface area contributed by atoms with Crippen molar-refractivity contribution in [2.24, 2.45) is 11.3 Å². The molecule has 1 aliphatic heterocycles. The summed E-state index contributed by atoms with van der Waals surface area (Å²) in [7, 11) is -2.21. The van der Waals surface area contributed by atoms with Gasteiger partial charge in [0.05, 0.1) is 16.3 Å². The molecule has 0 radical (unpaired) electrons. The molecule has 2 heterocycles. The van der Waals surface area contributed by atoms with Crippen LogP contribution in [0.5, 0.6) is 0 Å². The fourth-order valence-electron chi connectivity index (χ4n) is 5.82. The molecule has 3 aromatic carbocycles. The largest absolute Gasteiger partial charge is 0.461 e. The van der Waals surface area contributed by atoms with Crippen LogP contribution >= 0.6 is 0 Å². The molecule has 1 aromatic heterocycles. The van der Waals surface area contributed by atoms with Crippen LogP contribution in [0, 0.1) is 18.3 Å². The highest BCUT2D eigenvalue weighted by Crippen LogP contribution is 2.43. The van der Waals surface area contributed by atoms with E-state index in [2.05, 4.69) is 25.5 Å². The van der Waals surface area contributed by atoms with Gasteiger partial charge >= 0.3 is 0 Å². The van der Waals surface area contributed by atoms with Crippen molar-refractivity contribution < 1.29 is 17.6 Å². The average molecular weight is 503 g/mol. The summed E-state index contributed by atoms with van der Waals surface area (Å²) < 4.78 is 36.4. The second kappa shape index (κ2) is 7.59. The third kappa shape index (κ3) is 3.36. The van der Waals surface area contributed by atoms with E-state index in [9.17, 15) is 13.2 Å². The molecule has 1 atom stereocenters. The number of furan rings is 1. The maximum Gasteiger partial charge on any atom is 0.262 e. The van der Waals surface area contributed by atoms with Crippen LogP contribution in [-0.2, 0) is 22.9 Å². The Morgan fingerprint density at radius 3 is 2.61 bits per heavy atom. The number of hydrogen-bond donors (Lipinski definition) is 1. The Bertz CT molecular complexity index is 1690. The van der Waals surface area contributed by atoms with Gasteiger partial charge in [-0.3, -0.25) is 9.52 Å². The lowest BCUT2D eigenvalue weighted by molar-refractivity contribution is 0.0999. The number of benzene rings is 3. The maximum atomic E-state index is 13.7. The van der Waals surface area contributed by atoms with Crippen molar-refractivity contribution in [2.45, 2.75) is 51.9 Å².